The number of hydrogen-bond acceptors (Lipinski definition) is 3. The monoisotopic (exact) mass is 308 g/mol. The van der Waals surface area contributed by atoms with E-state index in [1.54, 1.807) is 19.1 Å². The fraction of sp³-hybridized carbons (Fsp3) is 0.200. The van der Waals surface area contributed by atoms with E-state index in [1.807, 2.05) is 6.92 Å². The van der Waals surface area contributed by atoms with Crippen molar-refractivity contribution in [1.29, 1.82) is 0 Å². The van der Waals surface area contributed by atoms with Crippen molar-refractivity contribution in [3.8, 4) is 0 Å². The molecule has 0 aliphatic rings. The van der Waals surface area contributed by atoms with Gasteiger partial charge in [0.15, 0.2) is 0 Å². The van der Waals surface area contributed by atoms with Crippen LogP contribution in [0.5, 0.6) is 0 Å². The second-order valence-electron chi connectivity index (χ2n) is 4.91. The highest BCUT2D eigenvalue weighted by atomic mass is 32.2. The number of halogens is 1. The molecule has 3 N–H and O–H groups in total. The lowest BCUT2D eigenvalue weighted by atomic mass is 10.1. The zero-order valence-electron chi connectivity index (χ0n) is 11.9. The molecule has 0 saturated heterocycles. The molecule has 2 rings (SSSR count). The standard InChI is InChI=1S/C15H17FN2O2S/c1-10-6-14(8-15(17)11(10)2)21(19,20)18-9-12-4-3-5-13(16)7-12/h3-8,18H,9,17H2,1-2H3. The van der Waals surface area contributed by atoms with Gasteiger partial charge >= 0.3 is 0 Å². The molecule has 0 radical (unpaired) electrons. The van der Waals surface area contributed by atoms with Crippen LogP contribution < -0.4 is 10.5 Å². The predicted octanol–water partition coefficient (Wildman–Crippen LogP) is 2.50. The summed E-state index contributed by atoms with van der Waals surface area (Å²) in [6.07, 6.45) is 0. The fourth-order valence-corrected chi connectivity index (χ4v) is 3.05. The molecule has 0 atom stereocenters. The average molecular weight is 308 g/mol. The van der Waals surface area contributed by atoms with Gasteiger partial charge in [0.05, 0.1) is 4.90 Å². The lowest BCUT2D eigenvalue weighted by molar-refractivity contribution is 0.580. The van der Waals surface area contributed by atoms with E-state index in [9.17, 15) is 12.8 Å². The van der Waals surface area contributed by atoms with Crippen LogP contribution in [-0.2, 0) is 16.6 Å². The number of nitrogens with one attached hydrogen (secondary N) is 1. The minimum Gasteiger partial charge on any atom is -0.398 e. The van der Waals surface area contributed by atoms with Crippen LogP contribution >= 0.6 is 0 Å². The topological polar surface area (TPSA) is 72.2 Å². The summed E-state index contributed by atoms with van der Waals surface area (Å²) >= 11 is 0. The molecule has 0 unspecified atom stereocenters. The van der Waals surface area contributed by atoms with Gasteiger partial charge in [-0.05, 0) is 54.8 Å². The van der Waals surface area contributed by atoms with Gasteiger partial charge in [0.1, 0.15) is 5.82 Å². The van der Waals surface area contributed by atoms with E-state index in [1.165, 1.54) is 24.3 Å². The van der Waals surface area contributed by atoms with Crippen LogP contribution in [0.4, 0.5) is 10.1 Å². The Bertz CT molecular complexity index is 750. The van der Waals surface area contributed by atoms with Gasteiger partial charge in [0.25, 0.3) is 0 Å². The van der Waals surface area contributed by atoms with Crippen molar-refractivity contribution in [3.05, 3.63) is 58.9 Å². The molecule has 112 valence electrons. The first kappa shape index (κ1) is 15.5. The van der Waals surface area contributed by atoms with Crippen LogP contribution in [0.1, 0.15) is 16.7 Å². The number of sulfonamides is 1. The maximum absolute atomic E-state index is 13.1. The smallest absolute Gasteiger partial charge is 0.240 e. The third kappa shape index (κ3) is 3.59. The highest BCUT2D eigenvalue weighted by Gasteiger charge is 2.16. The Hall–Kier alpha value is -1.92. The molecule has 0 saturated carbocycles. The minimum atomic E-state index is -3.69. The zero-order chi connectivity index (χ0) is 15.6. The fourth-order valence-electron chi connectivity index (χ4n) is 1.92. The largest absolute Gasteiger partial charge is 0.398 e. The van der Waals surface area contributed by atoms with Crippen molar-refractivity contribution in [3.63, 3.8) is 0 Å². The van der Waals surface area contributed by atoms with Gasteiger partial charge in [0.2, 0.25) is 10.0 Å². The first-order chi connectivity index (χ1) is 9.79. The highest BCUT2D eigenvalue weighted by Crippen LogP contribution is 2.21. The van der Waals surface area contributed by atoms with Gasteiger partial charge in [-0.3, -0.25) is 0 Å². The summed E-state index contributed by atoms with van der Waals surface area (Å²) in [6, 6.07) is 8.78. The van der Waals surface area contributed by atoms with E-state index in [0.717, 1.165) is 11.1 Å². The summed E-state index contributed by atoms with van der Waals surface area (Å²) in [5, 5.41) is 0. The van der Waals surface area contributed by atoms with Gasteiger partial charge in [-0.25, -0.2) is 17.5 Å². The molecule has 0 fully saturated rings. The van der Waals surface area contributed by atoms with E-state index in [-0.39, 0.29) is 11.4 Å². The Labute approximate surface area is 123 Å². The summed E-state index contributed by atoms with van der Waals surface area (Å²) in [7, 11) is -3.69. The van der Waals surface area contributed by atoms with Crippen molar-refractivity contribution < 1.29 is 12.8 Å². The summed E-state index contributed by atoms with van der Waals surface area (Å²) in [5.41, 5.74) is 8.45. The molecule has 0 amide bonds. The second kappa shape index (κ2) is 5.83. The first-order valence-electron chi connectivity index (χ1n) is 6.40. The second-order valence-corrected chi connectivity index (χ2v) is 6.68. The number of nitrogens with two attached hydrogens (primary N) is 1. The van der Waals surface area contributed by atoms with Crippen LogP contribution in [0.2, 0.25) is 0 Å². The third-order valence-corrected chi connectivity index (χ3v) is 4.73. The Morgan fingerprint density at radius 2 is 1.90 bits per heavy atom. The third-order valence-electron chi connectivity index (χ3n) is 3.35. The molecule has 21 heavy (non-hydrogen) atoms. The summed E-state index contributed by atoms with van der Waals surface area (Å²) in [6.45, 7) is 3.66. The van der Waals surface area contributed by atoms with Crippen molar-refractivity contribution in [2.45, 2.75) is 25.3 Å². The summed E-state index contributed by atoms with van der Waals surface area (Å²) in [5.74, 6) is -0.401. The number of nitrogen functional groups attached to an aromatic ring is 1. The van der Waals surface area contributed by atoms with E-state index in [0.29, 0.717) is 11.3 Å². The van der Waals surface area contributed by atoms with Gasteiger partial charge in [-0.15, -0.1) is 0 Å². The summed E-state index contributed by atoms with van der Waals surface area (Å²) < 4.78 is 40.0. The maximum atomic E-state index is 13.1. The molecule has 2 aromatic rings. The van der Waals surface area contributed by atoms with Crippen LogP contribution in [0, 0.1) is 19.7 Å². The van der Waals surface area contributed by atoms with Gasteiger partial charge < -0.3 is 5.73 Å². The van der Waals surface area contributed by atoms with Crippen LogP contribution in [-0.4, -0.2) is 8.42 Å². The Kier molecular flexibility index (Phi) is 4.29. The zero-order valence-corrected chi connectivity index (χ0v) is 12.7. The van der Waals surface area contributed by atoms with Crippen molar-refractivity contribution in [2.75, 3.05) is 5.73 Å². The molecule has 6 heteroatoms. The van der Waals surface area contributed by atoms with E-state index in [2.05, 4.69) is 4.72 Å². The quantitative estimate of drug-likeness (QED) is 0.852. The Balaban J connectivity index is 2.23. The molecule has 0 bridgehead atoms. The number of hydrogen-bond donors (Lipinski definition) is 2. The van der Waals surface area contributed by atoms with E-state index < -0.39 is 15.8 Å². The predicted molar refractivity (Wildman–Crippen MR) is 80.8 cm³/mol. The number of anilines is 1. The molecule has 0 aliphatic carbocycles. The van der Waals surface area contributed by atoms with Crippen molar-refractivity contribution >= 4 is 15.7 Å². The lowest BCUT2D eigenvalue weighted by Crippen LogP contribution is -2.23. The van der Waals surface area contributed by atoms with E-state index >= 15 is 0 Å². The van der Waals surface area contributed by atoms with E-state index in [4.69, 9.17) is 5.73 Å². The Morgan fingerprint density at radius 1 is 1.19 bits per heavy atom. The van der Waals surface area contributed by atoms with Gasteiger partial charge in [-0.1, -0.05) is 12.1 Å². The maximum Gasteiger partial charge on any atom is 0.240 e. The number of benzene rings is 2. The van der Waals surface area contributed by atoms with Crippen molar-refractivity contribution in [1.82, 2.24) is 4.72 Å². The SMILES string of the molecule is Cc1cc(S(=O)(=O)NCc2cccc(F)c2)cc(N)c1C. The van der Waals surface area contributed by atoms with Crippen molar-refractivity contribution in [2.24, 2.45) is 0 Å². The van der Waals surface area contributed by atoms with Gasteiger partial charge in [0, 0.05) is 12.2 Å². The Morgan fingerprint density at radius 3 is 2.52 bits per heavy atom. The normalized spacial score (nSPS) is 11.6. The molecule has 0 heterocycles. The average Bonchev–Trinajstić information content (AvgIpc) is 2.42. The van der Waals surface area contributed by atoms with Crippen LogP contribution in [0.15, 0.2) is 41.3 Å². The molecule has 0 aliphatic heterocycles. The number of aryl methyl sites for hydroxylation is 1. The molecule has 0 spiro atoms. The first-order valence-corrected chi connectivity index (χ1v) is 7.89. The molecule has 2 aromatic carbocycles. The van der Waals surface area contributed by atoms with Crippen LogP contribution in [0.25, 0.3) is 0 Å². The van der Waals surface area contributed by atoms with Crippen LogP contribution in [0.3, 0.4) is 0 Å². The summed E-state index contributed by atoms with van der Waals surface area (Å²) in [4.78, 5) is 0.111. The lowest BCUT2D eigenvalue weighted by Gasteiger charge is -2.11. The van der Waals surface area contributed by atoms with Gasteiger partial charge in [-0.2, -0.15) is 0 Å². The molecular formula is C15H17FN2O2S. The minimum absolute atomic E-state index is 0.0208. The highest BCUT2D eigenvalue weighted by molar-refractivity contribution is 7.89. The molecule has 0 aromatic heterocycles. The number of rotatable bonds is 4. The molecule has 4 nitrogen and oxygen atoms in total. The molecular weight excluding hydrogens is 291 g/mol.